The fourth-order valence-electron chi connectivity index (χ4n) is 1.71. The molecule has 1 N–H and O–H groups in total. The first kappa shape index (κ1) is 12.8. The Bertz CT molecular complexity index is 594. The van der Waals surface area contributed by atoms with Crippen LogP contribution in [0.5, 0.6) is 0 Å². The molecule has 0 aliphatic heterocycles. The molecule has 0 heterocycles. The fraction of sp³-hybridized carbons (Fsp3) is 0.143. The summed E-state index contributed by atoms with van der Waals surface area (Å²) in [5, 5.41) is 0. The van der Waals surface area contributed by atoms with Gasteiger partial charge in [0.25, 0.3) is 0 Å². The molecule has 0 radical (unpaired) electrons. The van der Waals surface area contributed by atoms with Gasteiger partial charge in [-0.3, -0.25) is 0 Å². The third-order valence-electron chi connectivity index (χ3n) is 2.69. The lowest BCUT2D eigenvalue weighted by Crippen LogP contribution is -2.26. The van der Waals surface area contributed by atoms with E-state index in [1.54, 1.807) is 30.3 Å². The number of hydrogen-bond donors (Lipinski definition) is 1. The quantitative estimate of drug-likeness (QED) is 0.919. The summed E-state index contributed by atoms with van der Waals surface area (Å²) in [5.74, 6) is 0. The molecule has 0 aliphatic rings. The van der Waals surface area contributed by atoms with Crippen LogP contribution in [0.1, 0.15) is 18.5 Å². The number of rotatable bonds is 4. The Morgan fingerprint density at radius 2 is 1.39 bits per heavy atom. The van der Waals surface area contributed by atoms with Crippen molar-refractivity contribution in [2.24, 2.45) is 0 Å². The zero-order valence-electron chi connectivity index (χ0n) is 10.1. The van der Waals surface area contributed by atoms with Gasteiger partial charge in [-0.15, -0.1) is 0 Å². The maximum Gasteiger partial charge on any atom is 0.241 e. The molecule has 0 saturated carbocycles. The molecule has 0 aromatic heterocycles. The molecule has 94 valence electrons. The Morgan fingerprint density at radius 1 is 0.889 bits per heavy atom. The molecular weight excluding hydrogens is 246 g/mol. The highest BCUT2D eigenvalue weighted by molar-refractivity contribution is 7.89. The van der Waals surface area contributed by atoms with Crippen LogP contribution in [-0.4, -0.2) is 8.42 Å². The van der Waals surface area contributed by atoms with Crippen molar-refractivity contribution in [1.29, 1.82) is 0 Å². The lowest BCUT2D eigenvalue weighted by Gasteiger charge is -2.14. The molecule has 0 amide bonds. The summed E-state index contributed by atoms with van der Waals surface area (Å²) in [6.07, 6.45) is 0. The van der Waals surface area contributed by atoms with Crippen molar-refractivity contribution in [3.63, 3.8) is 0 Å². The van der Waals surface area contributed by atoms with E-state index in [-0.39, 0.29) is 10.9 Å². The summed E-state index contributed by atoms with van der Waals surface area (Å²) < 4.78 is 26.9. The van der Waals surface area contributed by atoms with E-state index in [9.17, 15) is 8.42 Å². The molecule has 18 heavy (non-hydrogen) atoms. The molecule has 3 nitrogen and oxygen atoms in total. The third-order valence-corrected chi connectivity index (χ3v) is 4.24. The number of sulfonamides is 1. The van der Waals surface area contributed by atoms with E-state index in [1.807, 2.05) is 37.3 Å². The highest BCUT2D eigenvalue weighted by Gasteiger charge is 2.17. The van der Waals surface area contributed by atoms with Gasteiger partial charge in [0, 0.05) is 6.04 Å². The summed E-state index contributed by atoms with van der Waals surface area (Å²) in [4.78, 5) is 0.285. The van der Waals surface area contributed by atoms with E-state index < -0.39 is 10.0 Å². The standard InChI is InChI=1S/C14H15NO2S/c1-12(13-8-4-2-5-9-13)15-18(16,17)14-10-6-3-7-11-14/h2-12,15H,1H3/t12-/m0/s1. The lowest BCUT2D eigenvalue weighted by molar-refractivity contribution is 0.567. The predicted octanol–water partition coefficient (Wildman–Crippen LogP) is 2.73. The number of hydrogen-bond acceptors (Lipinski definition) is 2. The second kappa shape index (κ2) is 5.33. The molecular formula is C14H15NO2S. The summed E-state index contributed by atoms with van der Waals surface area (Å²) in [6, 6.07) is 17.6. The average Bonchev–Trinajstić information content (AvgIpc) is 2.40. The fourth-order valence-corrected chi connectivity index (χ4v) is 2.96. The second-order valence-corrected chi connectivity index (χ2v) is 5.78. The van der Waals surface area contributed by atoms with E-state index in [1.165, 1.54) is 0 Å². The molecule has 2 aromatic rings. The van der Waals surface area contributed by atoms with Gasteiger partial charge in [0.1, 0.15) is 0 Å². The monoisotopic (exact) mass is 261 g/mol. The smallest absolute Gasteiger partial charge is 0.207 e. The Balaban J connectivity index is 2.20. The molecule has 0 unspecified atom stereocenters. The van der Waals surface area contributed by atoms with Crippen molar-refractivity contribution in [1.82, 2.24) is 4.72 Å². The molecule has 0 bridgehead atoms. The largest absolute Gasteiger partial charge is 0.241 e. The first-order valence-electron chi connectivity index (χ1n) is 5.72. The molecule has 2 rings (SSSR count). The van der Waals surface area contributed by atoms with Crippen molar-refractivity contribution in [3.05, 3.63) is 66.2 Å². The molecule has 4 heteroatoms. The van der Waals surface area contributed by atoms with E-state index in [4.69, 9.17) is 0 Å². The minimum atomic E-state index is -3.46. The van der Waals surface area contributed by atoms with Crippen LogP contribution in [0, 0.1) is 0 Å². The van der Waals surface area contributed by atoms with Crippen molar-refractivity contribution >= 4 is 10.0 Å². The topological polar surface area (TPSA) is 46.2 Å². The van der Waals surface area contributed by atoms with Crippen molar-refractivity contribution in [3.8, 4) is 0 Å². The van der Waals surface area contributed by atoms with Gasteiger partial charge in [0.2, 0.25) is 10.0 Å². The van der Waals surface area contributed by atoms with Crippen molar-refractivity contribution < 1.29 is 8.42 Å². The molecule has 0 spiro atoms. The molecule has 0 saturated heterocycles. The minimum Gasteiger partial charge on any atom is -0.207 e. The van der Waals surface area contributed by atoms with Gasteiger partial charge >= 0.3 is 0 Å². The highest BCUT2D eigenvalue weighted by Crippen LogP contribution is 2.16. The van der Waals surface area contributed by atoms with Crippen LogP contribution in [0.15, 0.2) is 65.6 Å². The van der Waals surface area contributed by atoms with Crippen molar-refractivity contribution in [2.45, 2.75) is 17.9 Å². The lowest BCUT2D eigenvalue weighted by atomic mass is 10.1. The third kappa shape index (κ3) is 2.97. The molecule has 0 fully saturated rings. The van der Waals surface area contributed by atoms with Crippen LogP contribution in [0.4, 0.5) is 0 Å². The van der Waals surface area contributed by atoms with E-state index in [2.05, 4.69) is 4.72 Å². The molecule has 0 aliphatic carbocycles. The zero-order chi connectivity index (χ0) is 13.0. The van der Waals surface area contributed by atoms with Crippen LogP contribution in [0.2, 0.25) is 0 Å². The number of nitrogens with one attached hydrogen (secondary N) is 1. The van der Waals surface area contributed by atoms with E-state index in [0.717, 1.165) is 5.56 Å². The van der Waals surface area contributed by atoms with Crippen LogP contribution >= 0.6 is 0 Å². The molecule has 2 aromatic carbocycles. The zero-order valence-corrected chi connectivity index (χ0v) is 10.9. The van der Waals surface area contributed by atoms with Gasteiger partial charge in [0.15, 0.2) is 0 Å². The first-order valence-corrected chi connectivity index (χ1v) is 7.20. The molecule has 1 atom stereocenters. The summed E-state index contributed by atoms with van der Waals surface area (Å²) in [6.45, 7) is 1.83. The van der Waals surface area contributed by atoms with Crippen LogP contribution < -0.4 is 4.72 Å². The first-order chi connectivity index (χ1) is 8.59. The van der Waals surface area contributed by atoms with E-state index in [0.29, 0.717) is 0 Å². The normalized spacial score (nSPS) is 13.2. The van der Waals surface area contributed by atoms with Crippen LogP contribution in [-0.2, 0) is 10.0 Å². The Hall–Kier alpha value is -1.65. The Morgan fingerprint density at radius 3 is 1.94 bits per heavy atom. The van der Waals surface area contributed by atoms with Gasteiger partial charge in [-0.2, -0.15) is 0 Å². The highest BCUT2D eigenvalue weighted by atomic mass is 32.2. The van der Waals surface area contributed by atoms with Gasteiger partial charge in [-0.25, -0.2) is 13.1 Å². The summed E-state index contributed by atoms with van der Waals surface area (Å²) in [5.41, 5.74) is 0.942. The Labute approximate surface area is 108 Å². The summed E-state index contributed by atoms with van der Waals surface area (Å²) in [7, 11) is -3.46. The minimum absolute atomic E-state index is 0.253. The Kier molecular flexibility index (Phi) is 3.79. The number of benzene rings is 2. The SMILES string of the molecule is C[C@H](NS(=O)(=O)c1ccccc1)c1ccccc1. The van der Waals surface area contributed by atoms with Gasteiger partial charge in [-0.05, 0) is 24.6 Å². The van der Waals surface area contributed by atoms with Crippen LogP contribution in [0.3, 0.4) is 0 Å². The van der Waals surface area contributed by atoms with Gasteiger partial charge in [0.05, 0.1) is 4.90 Å². The summed E-state index contributed by atoms with van der Waals surface area (Å²) >= 11 is 0. The average molecular weight is 261 g/mol. The second-order valence-electron chi connectivity index (χ2n) is 4.07. The maximum atomic E-state index is 12.1. The van der Waals surface area contributed by atoms with Crippen LogP contribution in [0.25, 0.3) is 0 Å². The maximum absolute atomic E-state index is 12.1. The van der Waals surface area contributed by atoms with E-state index >= 15 is 0 Å². The van der Waals surface area contributed by atoms with Gasteiger partial charge < -0.3 is 0 Å². The van der Waals surface area contributed by atoms with Crippen molar-refractivity contribution in [2.75, 3.05) is 0 Å². The van der Waals surface area contributed by atoms with Gasteiger partial charge in [-0.1, -0.05) is 48.5 Å². The predicted molar refractivity (Wildman–Crippen MR) is 71.6 cm³/mol.